The minimum Gasteiger partial charge on any atom is -0.494 e. The van der Waals surface area contributed by atoms with Crippen LogP contribution in [0.1, 0.15) is 46.4 Å². The van der Waals surface area contributed by atoms with Crippen molar-refractivity contribution in [2.24, 2.45) is 0 Å². The molecule has 0 unspecified atom stereocenters. The number of benzene rings is 3. The Morgan fingerprint density at radius 2 is 0.976 bits per heavy atom. The van der Waals surface area contributed by atoms with E-state index in [-0.39, 0.29) is 0 Å². The summed E-state index contributed by atoms with van der Waals surface area (Å²) in [5.41, 5.74) is 0.736. The number of hydrogen-bond donors (Lipinski definition) is 0. The minimum absolute atomic E-state index is 0.305. The molecule has 0 aromatic heterocycles. The number of esters is 3. The lowest BCUT2D eigenvalue weighted by Gasteiger charge is -2.09. The summed E-state index contributed by atoms with van der Waals surface area (Å²) in [6.45, 7) is 5.36. The van der Waals surface area contributed by atoms with Crippen molar-refractivity contribution in [1.29, 1.82) is 0 Å². The second-order valence-corrected chi connectivity index (χ2v) is 8.77. The summed E-state index contributed by atoms with van der Waals surface area (Å²) >= 11 is 0. The van der Waals surface area contributed by atoms with Crippen molar-refractivity contribution in [3.05, 3.63) is 96.6 Å². The summed E-state index contributed by atoms with van der Waals surface area (Å²) in [5.74, 6) is 0.407. The molecule has 0 heterocycles. The topological polar surface area (TPSA) is 107 Å². The Hall–Kier alpha value is -4.63. The molecule has 0 saturated carbocycles. The van der Waals surface area contributed by atoms with Gasteiger partial charge in [-0.15, -0.1) is 0 Å². The molecule has 0 aliphatic rings. The van der Waals surface area contributed by atoms with Crippen LogP contribution in [0.4, 0.5) is 0 Å². The number of carbonyl (C=O) groups is 3. The molecule has 0 aliphatic carbocycles. The summed E-state index contributed by atoms with van der Waals surface area (Å²) in [5, 5.41) is 0. The van der Waals surface area contributed by atoms with Gasteiger partial charge in [0.25, 0.3) is 0 Å². The van der Waals surface area contributed by atoms with Gasteiger partial charge in [-0.05, 0) is 98.5 Å². The van der Waals surface area contributed by atoms with Gasteiger partial charge in [0.2, 0.25) is 0 Å². The van der Waals surface area contributed by atoms with E-state index >= 15 is 0 Å². The summed E-state index contributed by atoms with van der Waals surface area (Å²) in [6.07, 6.45) is 4.30. The zero-order valence-electron chi connectivity index (χ0n) is 23.0. The van der Waals surface area contributed by atoms with Crippen molar-refractivity contribution in [1.82, 2.24) is 0 Å². The molecule has 9 nitrogen and oxygen atoms in total. The third-order valence-electron chi connectivity index (χ3n) is 5.65. The molecule has 0 aliphatic heterocycles. The number of rotatable bonds is 17. The molecule has 41 heavy (non-hydrogen) atoms. The van der Waals surface area contributed by atoms with Gasteiger partial charge >= 0.3 is 17.9 Å². The lowest BCUT2D eigenvalue weighted by atomic mass is 10.2. The van der Waals surface area contributed by atoms with Crippen molar-refractivity contribution < 1.29 is 42.8 Å². The van der Waals surface area contributed by atoms with E-state index in [1.807, 2.05) is 0 Å². The van der Waals surface area contributed by atoms with E-state index in [4.69, 9.17) is 28.4 Å². The van der Waals surface area contributed by atoms with Crippen molar-refractivity contribution in [3.63, 3.8) is 0 Å². The predicted octanol–water partition coefficient (Wildman–Crippen LogP) is 5.82. The quantitative estimate of drug-likeness (QED) is 0.0871. The maximum Gasteiger partial charge on any atom is 0.343 e. The molecule has 0 saturated heterocycles. The summed E-state index contributed by atoms with van der Waals surface area (Å²) < 4.78 is 32.0. The minimum atomic E-state index is -0.536. The highest BCUT2D eigenvalue weighted by atomic mass is 16.5. The second-order valence-electron chi connectivity index (χ2n) is 8.77. The fourth-order valence-corrected chi connectivity index (χ4v) is 3.45. The summed E-state index contributed by atoms with van der Waals surface area (Å²) in [4.78, 5) is 36.0. The molecule has 0 N–H and O–H groups in total. The van der Waals surface area contributed by atoms with E-state index in [2.05, 4.69) is 6.58 Å². The normalized spacial score (nSPS) is 10.4. The molecule has 3 aromatic carbocycles. The largest absolute Gasteiger partial charge is 0.494 e. The molecule has 0 fully saturated rings. The highest BCUT2D eigenvalue weighted by molar-refractivity contribution is 5.92. The molecular weight excluding hydrogens is 528 g/mol. The zero-order valence-corrected chi connectivity index (χ0v) is 23.0. The van der Waals surface area contributed by atoms with E-state index < -0.39 is 17.9 Å². The Morgan fingerprint density at radius 1 is 0.585 bits per heavy atom. The van der Waals surface area contributed by atoms with Crippen LogP contribution in [-0.4, -0.2) is 51.4 Å². The van der Waals surface area contributed by atoms with Crippen LogP contribution in [-0.2, 0) is 14.3 Å². The molecule has 216 valence electrons. The third kappa shape index (κ3) is 11.2. The Balaban J connectivity index is 1.40. The number of unbranched alkanes of at least 4 members (excludes halogenated alkanes) is 2. The van der Waals surface area contributed by atoms with Gasteiger partial charge in [0, 0.05) is 19.8 Å². The van der Waals surface area contributed by atoms with E-state index in [0.717, 1.165) is 18.9 Å². The fraction of sp³-hybridized carbons (Fsp3) is 0.281. The van der Waals surface area contributed by atoms with Crippen molar-refractivity contribution in [3.8, 4) is 23.0 Å². The first-order valence-electron chi connectivity index (χ1n) is 13.3. The predicted molar refractivity (Wildman–Crippen MR) is 152 cm³/mol. The molecule has 0 amide bonds. The smallest absolute Gasteiger partial charge is 0.343 e. The van der Waals surface area contributed by atoms with Crippen molar-refractivity contribution in [2.75, 3.05) is 33.5 Å². The Kier molecular flexibility index (Phi) is 12.9. The van der Waals surface area contributed by atoms with Gasteiger partial charge in [0.1, 0.15) is 23.0 Å². The maximum atomic E-state index is 12.5. The van der Waals surface area contributed by atoms with Crippen LogP contribution in [0.3, 0.4) is 0 Å². The highest BCUT2D eigenvalue weighted by Gasteiger charge is 2.12. The van der Waals surface area contributed by atoms with E-state index in [1.54, 1.807) is 79.9 Å². The number of methoxy groups -OCH3 is 1. The van der Waals surface area contributed by atoms with Gasteiger partial charge < -0.3 is 28.4 Å². The van der Waals surface area contributed by atoms with Crippen LogP contribution in [0, 0.1) is 0 Å². The van der Waals surface area contributed by atoms with Gasteiger partial charge in [-0.2, -0.15) is 0 Å². The van der Waals surface area contributed by atoms with Crippen LogP contribution >= 0.6 is 0 Å². The molecule has 0 radical (unpaired) electrons. The first kappa shape index (κ1) is 30.9. The molecule has 0 atom stereocenters. The van der Waals surface area contributed by atoms with E-state index in [1.165, 1.54) is 0 Å². The van der Waals surface area contributed by atoms with E-state index in [0.29, 0.717) is 73.4 Å². The summed E-state index contributed by atoms with van der Waals surface area (Å²) in [7, 11) is 1.67. The first-order valence-corrected chi connectivity index (χ1v) is 13.3. The van der Waals surface area contributed by atoms with Gasteiger partial charge in [-0.25, -0.2) is 14.4 Å². The molecule has 9 heteroatoms. The maximum absolute atomic E-state index is 12.5. The van der Waals surface area contributed by atoms with Crippen LogP contribution < -0.4 is 18.9 Å². The van der Waals surface area contributed by atoms with Gasteiger partial charge in [-0.3, -0.25) is 0 Å². The Bertz CT molecular complexity index is 1250. The van der Waals surface area contributed by atoms with Gasteiger partial charge in [0.15, 0.2) is 0 Å². The first-order chi connectivity index (χ1) is 20.0. The average molecular weight is 563 g/mol. The second kappa shape index (κ2) is 17.1. The molecule has 0 bridgehead atoms. The van der Waals surface area contributed by atoms with Crippen LogP contribution in [0.2, 0.25) is 0 Å². The highest BCUT2D eigenvalue weighted by Crippen LogP contribution is 2.21. The Labute approximate surface area is 239 Å². The third-order valence-corrected chi connectivity index (χ3v) is 5.65. The average Bonchev–Trinajstić information content (AvgIpc) is 3.00. The standard InChI is InChI=1S/C32H34O9/c1-3-30(33)39-23-7-6-22-38-27-14-10-25(11-15-27)32(35)41-29-18-16-28(17-19-29)40-31(34)24-8-12-26(13-9-24)37-21-5-4-20-36-2/h3,8-19H,1,4-7,20-23H2,2H3. The Morgan fingerprint density at radius 3 is 1.39 bits per heavy atom. The van der Waals surface area contributed by atoms with Gasteiger partial charge in [0.05, 0.1) is 30.9 Å². The molecule has 3 aromatic rings. The lowest BCUT2D eigenvalue weighted by Crippen LogP contribution is -2.10. The monoisotopic (exact) mass is 562 g/mol. The van der Waals surface area contributed by atoms with Gasteiger partial charge in [-0.1, -0.05) is 6.58 Å². The zero-order chi connectivity index (χ0) is 29.3. The fourth-order valence-electron chi connectivity index (χ4n) is 3.45. The molecule has 3 rings (SSSR count). The number of ether oxygens (including phenoxy) is 6. The number of carbonyl (C=O) groups excluding carboxylic acids is 3. The van der Waals surface area contributed by atoms with E-state index in [9.17, 15) is 14.4 Å². The van der Waals surface area contributed by atoms with Crippen molar-refractivity contribution >= 4 is 17.9 Å². The van der Waals surface area contributed by atoms with Crippen LogP contribution in [0.15, 0.2) is 85.5 Å². The van der Waals surface area contributed by atoms with Crippen molar-refractivity contribution in [2.45, 2.75) is 25.7 Å². The SMILES string of the molecule is C=CC(=O)OCCCCOc1ccc(C(=O)Oc2ccc(OC(=O)c3ccc(OCCCCOC)cc3)cc2)cc1. The molecule has 0 spiro atoms. The number of hydrogen-bond acceptors (Lipinski definition) is 9. The summed E-state index contributed by atoms with van der Waals surface area (Å²) in [6, 6.07) is 19.5. The van der Waals surface area contributed by atoms with Crippen LogP contribution in [0.5, 0.6) is 23.0 Å². The lowest BCUT2D eigenvalue weighted by molar-refractivity contribution is -0.137. The molecular formula is C32H34O9. The van der Waals surface area contributed by atoms with Crippen LogP contribution in [0.25, 0.3) is 0 Å².